The third-order valence-electron chi connectivity index (χ3n) is 4.53. The molecule has 2 N–H and O–H groups in total. The van der Waals surface area contributed by atoms with Crippen molar-refractivity contribution in [2.24, 2.45) is 5.92 Å². The zero-order valence-electron chi connectivity index (χ0n) is 12.1. The highest BCUT2D eigenvalue weighted by molar-refractivity contribution is 5.89. The van der Waals surface area contributed by atoms with E-state index in [9.17, 15) is 5.26 Å². The topological polar surface area (TPSA) is 95.2 Å². The minimum Gasteiger partial charge on any atom is -0.346 e. The quantitative estimate of drug-likeness (QED) is 0.758. The van der Waals surface area contributed by atoms with Crippen molar-refractivity contribution in [2.75, 3.05) is 13.1 Å². The molecule has 0 aliphatic carbocycles. The van der Waals surface area contributed by atoms with E-state index in [1.54, 1.807) is 12.5 Å². The van der Waals surface area contributed by atoms with E-state index in [2.05, 4.69) is 31.4 Å². The van der Waals surface area contributed by atoms with Gasteiger partial charge in [0.05, 0.1) is 23.9 Å². The van der Waals surface area contributed by atoms with Crippen molar-refractivity contribution in [3.05, 3.63) is 31.0 Å². The molecular formula is C15H15N7. The third kappa shape index (κ3) is 1.68. The summed E-state index contributed by atoms with van der Waals surface area (Å²) in [7, 11) is 0. The van der Waals surface area contributed by atoms with Crippen LogP contribution in [0.1, 0.15) is 6.92 Å². The van der Waals surface area contributed by atoms with Gasteiger partial charge in [0.25, 0.3) is 0 Å². The SMILES string of the molecule is CC(C#N)C1(n2cc(-c3ncnc4[nH]ccc34)cn2)CNC1. The number of fused-ring (bicyclic) bond motifs is 1. The molecule has 7 heteroatoms. The summed E-state index contributed by atoms with van der Waals surface area (Å²) in [6.45, 7) is 3.45. The van der Waals surface area contributed by atoms with Crippen molar-refractivity contribution in [2.45, 2.75) is 12.5 Å². The lowest BCUT2D eigenvalue weighted by molar-refractivity contribution is 0.112. The molecule has 0 radical (unpaired) electrons. The van der Waals surface area contributed by atoms with Crippen LogP contribution in [0, 0.1) is 17.2 Å². The summed E-state index contributed by atoms with van der Waals surface area (Å²) in [6, 6.07) is 4.31. The molecule has 1 unspecified atom stereocenters. The highest BCUT2D eigenvalue weighted by Gasteiger charge is 2.45. The van der Waals surface area contributed by atoms with E-state index in [0.717, 1.165) is 35.4 Å². The maximum absolute atomic E-state index is 9.29. The summed E-state index contributed by atoms with van der Waals surface area (Å²) in [5.74, 6) is -0.112. The van der Waals surface area contributed by atoms with Crippen LogP contribution in [0.25, 0.3) is 22.3 Å². The first-order valence-electron chi connectivity index (χ1n) is 7.18. The fourth-order valence-corrected chi connectivity index (χ4v) is 2.96. The van der Waals surface area contributed by atoms with Crippen molar-refractivity contribution in [3.63, 3.8) is 0 Å². The first kappa shape index (κ1) is 13.0. The molecule has 4 heterocycles. The van der Waals surface area contributed by atoms with Gasteiger partial charge in [0.1, 0.15) is 17.5 Å². The molecule has 3 aromatic heterocycles. The summed E-state index contributed by atoms with van der Waals surface area (Å²) < 4.78 is 1.91. The van der Waals surface area contributed by atoms with Gasteiger partial charge >= 0.3 is 0 Å². The van der Waals surface area contributed by atoms with Crippen LogP contribution < -0.4 is 5.32 Å². The Kier molecular flexibility index (Phi) is 2.74. The molecule has 0 saturated carbocycles. The Morgan fingerprint density at radius 2 is 2.27 bits per heavy atom. The van der Waals surface area contributed by atoms with E-state index in [0.29, 0.717) is 0 Å². The van der Waals surface area contributed by atoms with Crippen LogP contribution in [0.3, 0.4) is 0 Å². The summed E-state index contributed by atoms with van der Waals surface area (Å²) in [5, 5.41) is 18.0. The second kappa shape index (κ2) is 4.64. The maximum atomic E-state index is 9.29. The van der Waals surface area contributed by atoms with Gasteiger partial charge in [-0.15, -0.1) is 0 Å². The summed E-state index contributed by atoms with van der Waals surface area (Å²) >= 11 is 0. The van der Waals surface area contributed by atoms with Gasteiger partial charge in [0, 0.05) is 36.4 Å². The molecule has 0 bridgehead atoms. The molecule has 0 amide bonds. The molecule has 0 spiro atoms. The zero-order valence-corrected chi connectivity index (χ0v) is 12.1. The van der Waals surface area contributed by atoms with Crippen molar-refractivity contribution >= 4 is 11.0 Å². The summed E-state index contributed by atoms with van der Waals surface area (Å²) in [4.78, 5) is 11.7. The van der Waals surface area contributed by atoms with Crippen LogP contribution in [0.15, 0.2) is 31.0 Å². The molecule has 22 heavy (non-hydrogen) atoms. The largest absolute Gasteiger partial charge is 0.346 e. The Morgan fingerprint density at radius 3 is 3.00 bits per heavy atom. The van der Waals surface area contributed by atoms with Gasteiger partial charge in [-0.25, -0.2) is 9.97 Å². The van der Waals surface area contributed by atoms with Gasteiger partial charge in [-0.1, -0.05) is 0 Å². The van der Waals surface area contributed by atoms with Crippen LogP contribution in [0.2, 0.25) is 0 Å². The number of hydrogen-bond donors (Lipinski definition) is 2. The van der Waals surface area contributed by atoms with Crippen LogP contribution in [0.4, 0.5) is 0 Å². The first-order chi connectivity index (χ1) is 10.7. The Hall–Kier alpha value is -2.72. The molecule has 4 rings (SSSR count). The van der Waals surface area contributed by atoms with E-state index in [4.69, 9.17) is 0 Å². The fourth-order valence-electron chi connectivity index (χ4n) is 2.96. The van der Waals surface area contributed by atoms with E-state index >= 15 is 0 Å². The summed E-state index contributed by atoms with van der Waals surface area (Å²) in [6.07, 6.45) is 7.18. The number of nitriles is 1. The van der Waals surface area contributed by atoms with Gasteiger partial charge in [-0.2, -0.15) is 10.4 Å². The number of hydrogen-bond acceptors (Lipinski definition) is 5. The fraction of sp³-hybridized carbons (Fsp3) is 0.333. The average molecular weight is 293 g/mol. The van der Waals surface area contributed by atoms with Crippen LogP contribution >= 0.6 is 0 Å². The predicted octanol–water partition coefficient (Wildman–Crippen LogP) is 1.28. The third-order valence-corrected chi connectivity index (χ3v) is 4.53. The van der Waals surface area contributed by atoms with Crippen LogP contribution in [-0.4, -0.2) is 37.8 Å². The van der Waals surface area contributed by atoms with E-state index < -0.39 is 0 Å². The molecular weight excluding hydrogens is 278 g/mol. The van der Waals surface area contributed by atoms with Crippen molar-refractivity contribution in [3.8, 4) is 17.3 Å². The van der Waals surface area contributed by atoms with Crippen molar-refractivity contribution < 1.29 is 0 Å². The number of nitrogens with zero attached hydrogens (tertiary/aromatic N) is 5. The molecule has 1 atom stereocenters. The van der Waals surface area contributed by atoms with Gasteiger partial charge in [0.2, 0.25) is 0 Å². The first-order valence-corrected chi connectivity index (χ1v) is 7.18. The average Bonchev–Trinajstić information content (AvgIpc) is 3.14. The monoisotopic (exact) mass is 293 g/mol. The Balaban J connectivity index is 1.79. The van der Waals surface area contributed by atoms with Crippen LogP contribution in [0.5, 0.6) is 0 Å². The van der Waals surface area contributed by atoms with E-state index in [1.807, 2.05) is 30.1 Å². The number of H-pyrrole nitrogens is 1. The molecule has 110 valence electrons. The van der Waals surface area contributed by atoms with Crippen molar-refractivity contribution in [1.82, 2.24) is 30.0 Å². The minimum atomic E-state index is -0.267. The second-order valence-corrected chi connectivity index (χ2v) is 5.69. The highest BCUT2D eigenvalue weighted by atomic mass is 15.4. The standard InChI is InChI=1S/C15H15N7/c1-10(4-16)15(7-17-8-15)22-6-11(5-21-22)13-12-2-3-18-14(12)20-9-19-13/h2-3,5-6,9-10,17H,7-8H2,1H3,(H,18,19,20). The second-order valence-electron chi connectivity index (χ2n) is 5.69. The highest BCUT2D eigenvalue weighted by Crippen LogP contribution is 2.32. The minimum absolute atomic E-state index is 0.112. The predicted molar refractivity (Wildman–Crippen MR) is 80.7 cm³/mol. The molecule has 1 aliphatic heterocycles. The molecule has 7 nitrogen and oxygen atoms in total. The number of nitrogens with one attached hydrogen (secondary N) is 2. The lowest BCUT2D eigenvalue weighted by Gasteiger charge is -2.44. The number of aromatic amines is 1. The number of aromatic nitrogens is 5. The van der Waals surface area contributed by atoms with Crippen LogP contribution in [-0.2, 0) is 5.54 Å². The van der Waals surface area contributed by atoms with Gasteiger partial charge in [-0.05, 0) is 13.0 Å². The Morgan fingerprint density at radius 1 is 1.41 bits per heavy atom. The molecule has 1 aliphatic rings. The molecule has 3 aromatic rings. The van der Waals surface area contributed by atoms with E-state index in [-0.39, 0.29) is 11.5 Å². The van der Waals surface area contributed by atoms with E-state index in [1.165, 1.54) is 0 Å². The number of rotatable bonds is 3. The Bertz CT molecular complexity index is 865. The molecule has 1 saturated heterocycles. The maximum Gasteiger partial charge on any atom is 0.141 e. The van der Waals surface area contributed by atoms with Gasteiger partial charge in [0.15, 0.2) is 0 Å². The van der Waals surface area contributed by atoms with Crippen molar-refractivity contribution in [1.29, 1.82) is 5.26 Å². The summed E-state index contributed by atoms with van der Waals surface area (Å²) in [5.41, 5.74) is 2.33. The normalized spacial score (nSPS) is 17.8. The molecule has 1 fully saturated rings. The molecule has 0 aromatic carbocycles. The lowest BCUT2D eigenvalue weighted by Crippen LogP contribution is -2.64. The lowest BCUT2D eigenvalue weighted by atomic mass is 9.81. The smallest absolute Gasteiger partial charge is 0.141 e. The Labute approximate surface area is 127 Å². The zero-order chi connectivity index (χ0) is 15.2. The van der Waals surface area contributed by atoms with Gasteiger partial charge in [-0.3, -0.25) is 4.68 Å². The van der Waals surface area contributed by atoms with Gasteiger partial charge < -0.3 is 10.3 Å².